The van der Waals surface area contributed by atoms with Crippen molar-refractivity contribution in [1.29, 1.82) is 0 Å². The number of fused-ring (bicyclic) bond motifs is 1. The predicted octanol–water partition coefficient (Wildman–Crippen LogP) is 0.142. The molecule has 0 aromatic carbocycles. The lowest BCUT2D eigenvalue weighted by Crippen LogP contribution is -2.41. The Kier molecular flexibility index (Phi) is 2.56. The lowest BCUT2D eigenvalue weighted by molar-refractivity contribution is -0.129. The second-order valence-electron chi connectivity index (χ2n) is 4.83. The highest BCUT2D eigenvalue weighted by Gasteiger charge is 2.35. The first kappa shape index (κ1) is 11.0. The molecule has 1 saturated heterocycles. The average molecular weight is 252 g/mol. The van der Waals surface area contributed by atoms with Gasteiger partial charge in [-0.3, -0.25) is 4.79 Å². The normalized spacial score (nSPS) is 28.5. The van der Waals surface area contributed by atoms with Gasteiger partial charge in [-0.05, 0) is 12.8 Å². The number of hydrogen-bond donors (Lipinski definition) is 2. The zero-order chi connectivity index (χ0) is 12.0. The van der Waals surface area contributed by atoms with E-state index in [2.05, 4.69) is 4.98 Å². The zero-order valence-corrected chi connectivity index (χ0v) is 10.4. The third-order valence-electron chi connectivity index (χ3n) is 3.56. The van der Waals surface area contributed by atoms with Gasteiger partial charge in [-0.2, -0.15) is 0 Å². The molecule has 1 aromatic heterocycles. The number of likely N-dealkylation sites (tertiary alicyclic amines) is 1. The highest BCUT2D eigenvalue weighted by molar-refractivity contribution is 7.15. The van der Waals surface area contributed by atoms with Crippen LogP contribution in [0.25, 0.3) is 0 Å². The molecule has 92 valence electrons. The number of hydrogen-bond acceptors (Lipinski definition) is 5. The van der Waals surface area contributed by atoms with Gasteiger partial charge in [-0.1, -0.05) is 0 Å². The van der Waals surface area contributed by atoms with Crippen molar-refractivity contribution in [3.05, 3.63) is 10.6 Å². The summed E-state index contributed by atoms with van der Waals surface area (Å²) in [5, 5.41) is 0.639. The Labute approximate surface area is 104 Å². The molecule has 17 heavy (non-hydrogen) atoms. The van der Waals surface area contributed by atoms with Gasteiger partial charge in [0, 0.05) is 36.3 Å². The van der Waals surface area contributed by atoms with Gasteiger partial charge < -0.3 is 16.4 Å². The van der Waals surface area contributed by atoms with E-state index in [-0.39, 0.29) is 11.9 Å². The first-order valence-electron chi connectivity index (χ1n) is 5.92. The van der Waals surface area contributed by atoms with Crippen molar-refractivity contribution in [2.24, 2.45) is 5.73 Å². The molecule has 6 heteroatoms. The van der Waals surface area contributed by atoms with Crippen LogP contribution in [0, 0.1) is 0 Å². The van der Waals surface area contributed by atoms with Crippen molar-refractivity contribution in [2.45, 2.75) is 37.8 Å². The van der Waals surface area contributed by atoms with Gasteiger partial charge >= 0.3 is 0 Å². The molecule has 1 aromatic rings. The third-order valence-corrected chi connectivity index (χ3v) is 4.51. The molecular weight excluding hydrogens is 236 g/mol. The van der Waals surface area contributed by atoms with Gasteiger partial charge in [0.25, 0.3) is 0 Å². The van der Waals surface area contributed by atoms with Gasteiger partial charge in [-0.15, -0.1) is 11.3 Å². The van der Waals surface area contributed by atoms with E-state index < -0.39 is 0 Å². The summed E-state index contributed by atoms with van der Waals surface area (Å²) >= 11 is 1.55. The van der Waals surface area contributed by atoms with Crippen molar-refractivity contribution >= 4 is 22.4 Å². The van der Waals surface area contributed by atoms with Gasteiger partial charge in [0.15, 0.2) is 5.13 Å². The molecule has 1 fully saturated rings. The van der Waals surface area contributed by atoms with Crippen LogP contribution in [-0.2, 0) is 17.6 Å². The fraction of sp³-hybridized carbons (Fsp3) is 0.636. The molecule has 1 aliphatic carbocycles. The molecular formula is C11H16N4OS. The van der Waals surface area contributed by atoms with E-state index in [1.54, 1.807) is 11.3 Å². The van der Waals surface area contributed by atoms with Crippen molar-refractivity contribution in [2.75, 3.05) is 12.3 Å². The Morgan fingerprint density at radius 3 is 2.94 bits per heavy atom. The van der Waals surface area contributed by atoms with Gasteiger partial charge in [0.1, 0.15) is 0 Å². The number of aryl methyl sites for hydroxylation is 1. The molecule has 1 amide bonds. The number of rotatable bonds is 1. The minimum atomic E-state index is 0.00965. The Balaban J connectivity index is 1.77. The lowest BCUT2D eigenvalue weighted by atomic mass is 9.96. The molecule has 0 radical (unpaired) electrons. The second kappa shape index (κ2) is 3.96. The Bertz CT molecular complexity index is 458. The standard InChI is InChI=1S/C11H16N4OS/c12-6-3-10(16)15(5-6)7-1-2-8-9(4-7)17-11(13)14-8/h6-7H,1-5,12H2,(H2,13,14)/t6?,7-/m0/s1. The van der Waals surface area contributed by atoms with E-state index in [0.29, 0.717) is 24.1 Å². The number of carbonyl (C=O) groups is 1. The molecule has 2 heterocycles. The van der Waals surface area contributed by atoms with Crippen molar-refractivity contribution < 1.29 is 4.79 Å². The maximum absolute atomic E-state index is 11.8. The predicted molar refractivity (Wildman–Crippen MR) is 66.6 cm³/mol. The summed E-state index contributed by atoms with van der Waals surface area (Å²) in [6, 6.07) is 0.304. The number of aromatic nitrogens is 1. The largest absolute Gasteiger partial charge is 0.375 e. The molecule has 1 unspecified atom stereocenters. The van der Waals surface area contributed by atoms with Crippen LogP contribution in [0.5, 0.6) is 0 Å². The summed E-state index contributed by atoms with van der Waals surface area (Å²) in [6.45, 7) is 0.702. The monoisotopic (exact) mass is 252 g/mol. The summed E-state index contributed by atoms with van der Waals surface area (Å²) in [5.74, 6) is 0.198. The van der Waals surface area contributed by atoms with Crippen LogP contribution in [0.2, 0.25) is 0 Å². The van der Waals surface area contributed by atoms with E-state index in [4.69, 9.17) is 11.5 Å². The van der Waals surface area contributed by atoms with Crippen LogP contribution in [0.4, 0.5) is 5.13 Å². The summed E-state index contributed by atoms with van der Waals surface area (Å²) in [5.41, 5.74) is 12.7. The van der Waals surface area contributed by atoms with Crippen molar-refractivity contribution in [3.63, 3.8) is 0 Å². The van der Waals surface area contributed by atoms with Crippen LogP contribution in [0.15, 0.2) is 0 Å². The summed E-state index contributed by atoms with van der Waals surface area (Å²) in [6.07, 6.45) is 3.29. The highest BCUT2D eigenvalue weighted by atomic mass is 32.1. The fourth-order valence-electron chi connectivity index (χ4n) is 2.76. The Morgan fingerprint density at radius 2 is 2.24 bits per heavy atom. The second-order valence-corrected chi connectivity index (χ2v) is 5.94. The molecule has 2 atom stereocenters. The Morgan fingerprint density at radius 1 is 1.41 bits per heavy atom. The van der Waals surface area contributed by atoms with Crippen LogP contribution in [-0.4, -0.2) is 34.4 Å². The number of anilines is 1. The number of amides is 1. The van der Waals surface area contributed by atoms with E-state index >= 15 is 0 Å². The molecule has 0 saturated carbocycles. The lowest BCUT2D eigenvalue weighted by Gasteiger charge is -2.30. The molecule has 5 nitrogen and oxygen atoms in total. The number of thiazole rings is 1. The molecule has 1 aliphatic heterocycles. The van der Waals surface area contributed by atoms with Crippen molar-refractivity contribution in [1.82, 2.24) is 9.88 Å². The molecule has 4 N–H and O–H groups in total. The summed E-state index contributed by atoms with van der Waals surface area (Å²) in [4.78, 5) is 19.3. The van der Waals surface area contributed by atoms with Gasteiger partial charge in [-0.25, -0.2) is 4.98 Å². The van der Waals surface area contributed by atoms with E-state index in [9.17, 15) is 4.79 Å². The number of nitrogen functional groups attached to an aromatic ring is 1. The van der Waals surface area contributed by atoms with E-state index in [1.165, 1.54) is 4.88 Å². The molecule has 3 rings (SSSR count). The van der Waals surface area contributed by atoms with E-state index in [0.717, 1.165) is 25.0 Å². The van der Waals surface area contributed by atoms with Gasteiger partial charge in [0.05, 0.1) is 5.69 Å². The number of carbonyl (C=O) groups excluding carboxylic acids is 1. The zero-order valence-electron chi connectivity index (χ0n) is 9.56. The molecule has 0 spiro atoms. The van der Waals surface area contributed by atoms with Crippen LogP contribution < -0.4 is 11.5 Å². The number of nitrogens with zero attached hydrogens (tertiary/aromatic N) is 2. The maximum Gasteiger partial charge on any atom is 0.224 e. The third kappa shape index (κ3) is 1.91. The Hall–Kier alpha value is -1.14. The van der Waals surface area contributed by atoms with Crippen molar-refractivity contribution in [3.8, 4) is 0 Å². The first-order valence-corrected chi connectivity index (χ1v) is 6.74. The highest BCUT2D eigenvalue weighted by Crippen LogP contribution is 2.31. The van der Waals surface area contributed by atoms with Crippen LogP contribution >= 0.6 is 11.3 Å². The van der Waals surface area contributed by atoms with Crippen LogP contribution in [0.1, 0.15) is 23.4 Å². The fourth-order valence-corrected chi connectivity index (χ4v) is 3.71. The minimum Gasteiger partial charge on any atom is -0.375 e. The quantitative estimate of drug-likeness (QED) is 0.744. The summed E-state index contributed by atoms with van der Waals surface area (Å²) in [7, 11) is 0. The molecule has 0 bridgehead atoms. The van der Waals surface area contributed by atoms with Crippen LogP contribution in [0.3, 0.4) is 0 Å². The van der Waals surface area contributed by atoms with E-state index in [1.807, 2.05) is 4.90 Å². The maximum atomic E-state index is 11.8. The minimum absolute atomic E-state index is 0.00965. The topological polar surface area (TPSA) is 85.2 Å². The number of nitrogens with two attached hydrogens (primary N) is 2. The smallest absolute Gasteiger partial charge is 0.224 e. The molecule has 2 aliphatic rings. The SMILES string of the molecule is Nc1nc2c(s1)C[C@@H](N1CC(N)CC1=O)CC2. The summed E-state index contributed by atoms with van der Waals surface area (Å²) < 4.78 is 0. The average Bonchev–Trinajstić information content (AvgIpc) is 2.78. The van der Waals surface area contributed by atoms with Gasteiger partial charge in [0.2, 0.25) is 5.91 Å². The first-order chi connectivity index (χ1) is 8.13.